The zero-order valence-electron chi connectivity index (χ0n) is 14.4. The predicted molar refractivity (Wildman–Crippen MR) is 106 cm³/mol. The van der Waals surface area contributed by atoms with Crippen molar-refractivity contribution >= 4 is 46.3 Å². The highest BCUT2D eigenvalue weighted by Crippen LogP contribution is 2.29. The van der Waals surface area contributed by atoms with Gasteiger partial charge in [-0.2, -0.15) is 0 Å². The Bertz CT molecular complexity index is 939. The number of nitrogens with zero attached hydrogens (tertiary/aromatic N) is 3. The predicted octanol–water partition coefficient (Wildman–Crippen LogP) is 4.24. The topological polar surface area (TPSA) is 69.0 Å². The molecule has 136 valence electrons. The molecular formula is C17H17ClN4O2S2. The second kappa shape index (κ2) is 8.11. The molecule has 2 aromatic heterocycles. The van der Waals surface area contributed by atoms with Crippen molar-refractivity contribution in [1.82, 2.24) is 14.8 Å². The molecule has 0 saturated carbocycles. The Morgan fingerprint density at radius 1 is 1.38 bits per heavy atom. The molecule has 0 spiro atoms. The van der Waals surface area contributed by atoms with Gasteiger partial charge in [0.25, 0.3) is 0 Å². The van der Waals surface area contributed by atoms with E-state index in [0.29, 0.717) is 21.6 Å². The number of carbonyl (C=O) groups excluding carboxylic acids is 1. The quantitative estimate of drug-likeness (QED) is 0.617. The molecule has 0 radical (unpaired) electrons. The molecule has 1 aromatic carbocycles. The normalized spacial score (nSPS) is 10.8. The summed E-state index contributed by atoms with van der Waals surface area (Å²) in [5.74, 6) is 1.37. The number of hydrogen-bond donors (Lipinski definition) is 1. The van der Waals surface area contributed by atoms with Gasteiger partial charge in [-0.15, -0.1) is 21.5 Å². The van der Waals surface area contributed by atoms with E-state index in [-0.39, 0.29) is 11.7 Å². The summed E-state index contributed by atoms with van der Waals surface area (Å²) in [7, 11) is 3.43. The number of rotatable bonds is 6. The zero-order valence-corrected chi connectivity index (χ0v) is 16.8. The zero-order chi connectivity index (χ0) is 18.7. The highest BCUT2D eigenvalue weighted by atomic mass is 35.5. The number of ether oxygens (including phenoxy) is 1. The fourth-order valence-electron chi connectivity index (χ4n) is 2.35. The first-order valence-electron chi connectivity index (χ1n) is 7.69. The van der Waals surface area contributed by atoms with Gasteiger partial charge in [0, 0.05) is 27.9 Å². The van der Waals surface area contributed by atoms with Crippen molar-refractivity contribution in [2.24, 2.45) is 7.05 Å². The summed E-state index contributed by atoms with van der Waals surface area (Å²) in [5.41, 5.74) is 1.57. The van der Waals surface area contributed by atoms with E-state index in [2.05, 4.69) is 28.5 Å². The Kier molecular flexibility index (Phi) is 5.85. The summed E-state index contributed by atoms with van der Waals surface area (Å²) in [6.45, 7) is 2.05. The Morgan fingerprint density at radius 2 is 2.19 bits per heavy atom. The Labute approximate surface area is 164 Å². The van der Waals surface area contributed by atoms with Gasteiger partial charge in [0.05, 0.1) is 18.6 Å². The van der Waals surface area contributed by atoms with Gasteiger partial charge in [0.1, 0.15) is 5.75 Å². The van der Waals surface area contributed by atoms with E-state index in [4.69, 9.17) is 16.3 Å². The Morgan fingerprint density at radius 3 is 2.88 bits per heavy atom. The number of anilines is 1. The minimum atomic E-state index is -0.175. The second-order valence-corrected chi connectivity index (χ2v) is 7.99. The van der Waals surface area contributed by atoms with Crippen LogP contribution in [0.3, 0.4) is 0 Å². The maximum Gasteiger partial charge on any atom is 0.234 e. The second-order valence-electron chi connectivity index (χ2n) is 5.49. The van der Waals surface area contributed by atoms with Crippen LogP contribution in [0.25, 0.3) is 11.4 Å². The van der Waals surface area contributed by atoms with E-state index in [0.717, 1.165) is 11.4 Å². The van der Waals surface area contributed by atoms with Crippen LogP contribution in [0.4, 0.5) is 5.69 Å². The fourth-order valence-corrected chi connectivity index (χ4v) is 3.91. The number of aryl methyl sites for hydroxylation is 1. The molecule has 2 heterocycles. The summed E-state index contributed by atoms with van der Waals surface area (Å²) >= 11 is 8.97. The Hall–Kier alpha value is -2.03. The first kappa shape index (κ1) is 18.8. The number of thiophene rings is 1. The maximum absolute atomic E-state index is 12.3. The molecular weight excluding hydrogens is 392 g/mol. The van der Waals surface area contributed by atoms with E-state index in [1.54, 1.807) is 36.6 Å². The van der Waals surface area contributed by atoms with E-state index < -0.39 is 0 Å². The summed E-state index contributed by atoms with van der Waals surface area (Å²) < 4.78 is 7.12. The number of aromatic nitrogens is 3. The maximum atomic E-state index is 12.3. The highest BCUT2D eigenvalue weighted by Gasteiger charge is 2.15. The number of thioether (sulfide) groups is 1. The van der Waals surface area contributed by atoms with Gasteiger partial charge < -0.3 is 14.6 Å². The van der Waals surface area contributed by atoms with Gasteiger partial charge in [-0.1, -0.05) is 23.4 Å². The lowest BCUT2D eigenvalue weighted by Gasteiger charge is -2.10. The molecule has 1 N–H and O–H groups in total. The van der Waals surface area contributed by atoms with Gasteiger partial charge in [-0.3, -0.25) is 4.79 Å². The van der Waals surface area contributed by atoms with Crippen LogP contribution in [0.2, 0.25) is 5.02 Å². The van der Waals surface area contributed by atoms with Crippen molar-refractivity contribution in [1.29, 1.82) is 0 Å². The standard InChI is InChI=1S/C17H17ClN4O2S2/c1-10-6-11(8-25-10)16-20-21-17(22(16)2)26-9-15(23)19-13-7-12(18)4-5-14(13)24-3/h4-8H,9H2,1-3H3,(H,19,23). The first-order valence-corrected chi connectivity index (χ1v) is 9.93. The summed E-state index contributed by atoms with van der Waals surface area (Å²) in [6, 6.07) is 7.14. The molecule has 0 aliphatic carbocycles. The van der Waals surface area contributed by atoms with Crippen molar-refractivity contribution < 1.29 is 9.53 Å². The number of halogens is 1. The molecule has 0 aliphatic heterocycles. The molecule has 0 atom stereocenters. The van der Waals surface area contributed by atoms with E-state index >= 15 is 0 Å². The van der Waals surface area contributed by atoms with Gasteiger partial charge in [0.2, 0.25) is 5.91 Å². The minimum Gasteiger partial charge on any atom is -0.495 e. The van der Waals surface area contributed by atoms with Crippen LogP contribution in [-0.2, 0) is 11.8 Å². The first-order chi connectivity index (χ1) is 12.5. The van der Waals surface area contributed by atoms with Crippen molar-refractivity contribution in [3.05, 3.63) is 39.5 Å². The van der Waals surface area contributed by atoms with E-state index in [1.165, 1.54) is 16.6 Å². The molecule has 26 heavy (non-hydrogen) atoms. The summed E-state index contributed by atoms with van der Waals surface area (Å²) in [5, 5.41) is 14.5. The highest BCUT2D eigenvalue weighted by molar-refractivity contribution is 7.99. The lowest BCUT2D eigenvalue weighted by molar-refractivity contribution is -0.113. The smallest absolute Gasteiger partial charge is 0.234 e. The number of methoxy groups -OCH3 is 1. The SMILES string of the molecule is COc1ccc(Cl)cc1NC(=O)CSc1nnc(-c2csc(C)c2)n1C. The number of hydrogen-bond acceptors (Lipinski definition) is 6. The monoisotopic (exact) mass is 408 g/mol. The van der Waals surface area contributed by atoms with Crippen LogP contribution in [0.15, 0.2) is 34.8 Å². The van der Waals surface area contributed by atoms with Crippen LogP contribution in [0.5, 0.6) is 5.75 Å². The molecule has 0 bridgehead atoms. The van der Waals surface area contributed by atoms with Gasteiger partial charge in [0.15, 0.2) is 11.0 Å². The third-order valence-electron chi connectivity index (χ3n) is 3.59. The van der Waals surface area contributed by atoms with Crippen LogP contribution in [-0.4, -0.2) is 33.5 Å². The number of benzene rings is 1. The van der Waals surface area contributed by atoms with Crippen molar-refractivity contribution in [2.45, 2.75) is 12.1 Å². The molecule has 0 fully saturated rings. The van der Waals surface area contributed by atoms with Crippen LogP contribution in [0, 0.1) is 6.92 Å². The molecule has 0 unspecified atom stereocenters. The van der Waals surface area contributed by atoms with Crippen LogP contribution in [0.1, 0.15) is 4.88 Å². The van der Waals surface area contributed by atoms with E-state index in [1.807, 2.05) is 17.0 Å². The third kappa shape index (κ3) is 4.20. The van der Waals surface area contributed by atoms with E-state index in [9.17, 15) is 4.79 Å². The van der Waals surface area contributed by atoms with Crippen molar-refractivity contribution in [3.63, 3.8) is 0 Å². The minimum absolute atomic E-state index is 0.175. The summed E-state index contributed by atoms with van der Waals surface area (Å²) in [4.78, 5) is 13.5. The van der Waals surface area contributed by atoms with Gasteiger partial charge in [-0.05, 0) is 31.2 Å². The van der Waals surface area contributed by atoms with Crippen LogP contribution < -0.4 is 10.1 Å². The Balaban J connectivity index is 1.65. The average Bonchev–Trinajstić information content (AvgIpc) is 3.19. The number of carbonyl (C=O) groups is 1. The fraction of sp³-hybridized carbons (Fsp3) is 0.235. The molecule has 3 rings (SSSR count). The number of amides is 1. The average molecular weight is 409 g/mol. The number of nitrogens with one attached hydrogen (secondary N) is 1. The van der Waals surface area contributed by atoms with Gasteiger partial charge in [-0.25, -0.2) is 0 Å². The molecule has 6 nitrogen and oxygen atoms in total. The van der Waals surface area contributed by atoms with Crippen molar-refractivity contribution in [2.75, 3.05) is 18.2 Å². The molecule has 0 aliphatic rings. The third-order valence-corrected chi connectivity index (χ3v) is 5.71. The molecule has 0 saturated heterocycles. The van der Waals surface area contributed by atoms with Gasteiger partial charge >= 0.3 is 0 Å². The molecule has 1 amide bonds. The van der Waals surface area contributed by atoms with Crippen LogP contribution >= 0.6 is 34.7 Å². The summed E-state index contributed by atoms with van der Waals surface area (Å²) in [6.07, 6.45) is 0. The lowest BCUT2D eigenvalue weighted by Crippen LogP contribution is -2.15. The molecule has 3 aromatic rings. The van der Waals surface area contributed by atoms with Crippen molar-refractivity contribution in [3.8, 4) is 17.1 Å². The largest absolute Gasteiger partial charge is 0.495 e. The molecule has 9 heteroatoms. The lowest BCUT2D eigenvalue weighted by atomic mass is 10.3.